The zero-order chi connectivity index (χ0) is 17.4. The van der Waals surface area contributed by atoms with Crippen molar-refractivity contribution in [2.45, 2.75) is 12.1 Å². The maximum Gasteiger partial charge on any atom is 0.338 e. The molecule has 24 heavy (non-hydrogen) atoms. The van der Waals surface area contributed by atoms with E-state index in [0.717, 1.165) is 16.6 Å². The average Bonchev–Trinajstić information content (AvgIpc) is 3.11. The number of carbonyl (C=O) groups excluding carboxylic acids is 2. The van der Waals surface area contributed by atoms with E-state index in [9.17, 15) is 9.59 Å². The van der Waals surface area contributed by atoms with Crippen LogP contribution in [0.25, 0.3) is 10.9 Å². The summed E-state index contributed by atoms with van der Waals surface area (Å²) in [5.41, 5.74) is 1.89. The van der Waals surface area contributed by atoms with Crippen LogP contribution in [-0.4, -0.2) is 48.9 Å². The Morgan fingerprint density at radius 3 is 2.38 bits per heavy atom. The number of hydrogen-bond acceptors (Lipinski definition) is 6. The molecule has 7 heteroatoms. The molecule has 1 saturated heterocycles. The molecule has 0 N–H and O–H groups in total. The normalized spacial score (nSPS) is 24.2. The molecular weight excluding hydrogens is 312 g/mol. The van der Waals surface area contributed by atoms with Crippen LogP contribution in [0, 0.1) is 5.92 Å². The standard InChI is InChI=1S/C17H20N2O5/c1-18-11-8-6-5-7-10(11)9-12(18)14-13(16(20)22-3)15(17(21)23-4)24-19(14)2/h5-9,13-15H,1-4H3/t13-,14-,15-/m1/s1. The number of aromatic nitrogens is 1. The molecule has 2 heterocycles. The van der Waals surface area contributed by atoms with Crippen molar-refractivity contribution in [1.29, 1.82) is 0 Å². The largest absolute Gasteiger partial charge is 0.469 e. The van der Waals surface area contributed by atoms with Gasteiger partial charge in [0.05, 0.1) is 20.3 Å². The second-order valence-corrected chi connectivity index (χ2v) is 5.78. The van der Waals surface area contributed by atoms with Crippen molar-refractivity contribution in [2.75, 3.05) is 21.3 Å². The maximum absolute atomic E-state index is 12.4. The third kappa shape index (κ3) is 2.46. The van der Waals surface area contributed by atoms with E-state index in [1.54, 1.807) is 7.05 Å². The molecule has 0 radical (unpaired) electrons. The molecule has 1 aliphatic heterocycles. The number of ether oxygens (including phenoxy) is 2. The molecule has 1 aromatic heterocycles. The van der Waals surface area contributed by atoms with Gasteiger partial charge in [-0.2, -0.15) is 5.06 Å². The van der Waals surface area contributed by atoms with E-state index < -0.39 is 30.0 Å². The Hall–Kier alpha value is -2.38. The van der Waals surface area contributed by atoms with Crippen molar-refractivity contribution in [1.82, 2.24) is 9.63 Å². The fourth-order valence-electron chi connectivity index (χ4n) is 3.36. The molecule has 0 saturated carbocycles. The molecular formula is C17H20N2O5. The number of benzene rings is 1. The Kier molecular flexibility index (Phi) is 4.29. The van der Waals surface area contributed by atoms with E-state index in [2.05, 4.69) is 0 Å². The molecule has 0 bridgehead atoms. The van der Waals surface area contributed by atoms with Gasteiger partial charge in [0, 0.05) is 25.3 Å². The SMILES string of the molecule is COC(=O)[C@@H]1[C@@H](c2cc3ccccc3n2C)N(C)O[C@H]1C(=O)OC. The zero-order valence-corrected chi connectivity index (χ0v) is 14.1. The highest BCUT2D eigenvalue weighted by atomic mass is 16.7. The summed E-state index contributed by atoms with van der Waals surface area (Å²) >= 11 is 0. The number of hydroxylamine groups is 2. The predicted molar refractivity (Wildman–Crippen MR) is 85.8 cm³/mol. The predicted octanol–water partition coefficient (Wildman–Crippen LogP) is 1.43. The van der Waals surface area contributed by atoms with Crippen LogP contribution in [0.1, 0.15) is 11.7 Å². The summed E-state index contributed by atoms with van der Waals surface area (Å²) < 4.78 is 11.7. The highest BCUT2D eigenvalue weighted by Gasteiger charge is 2.52. The lowest BCUT2D eigenvalue weighted by Gasteiger charge is -2.22. The quantitative estimate of drug-likeness (QED) is 0.792. The number of fused-ring (bicyclic) bond motifs is 1. The average molecular weight is 332 g/mol. The summed E-state index contributed by atoms with van der Waals surface area (Å²) in [4.78, 5) is 30.0. The van der Waals surface area contributed by atoms with Crippen molar-refractivity contribution in [3.8, 4) is 0 Å². The minimum atomic E-state index is -1.03. The van der Waals surface area contributed by atoms with E-state index in [4.69, 9.17) is 14.3 Å². The number of rotatable bonds is 3. The van der Waals surface area contributed by atoms with Gasteiger partial charge in [0.1, 0.15) is 5.92 Å². The molecule has 3 atom stereocenters. The van der Waals surface area contributed by atoms with Gasteiger partial charge in [0.2, 0.25) is 0 Å². The summed E-state index contributed by atoms with van der Waals surface area (Å²) in [6.07, 6.45) is -1.03. The Morgan fingerprint density at radius 1 is 1.08 bits per heavy atom. The van der Waals surface area contributed by atoms with Crippen molar-refractivity contribution >= 4 is 22.8 Å². The first-order valence-corrected chi connectivity index (χ1v) is 7.59. The molecule has 0 aliphatic carbocycles. The van der Waals surface area contributed by atoms with Gasteiger partial charge in [-0.15, -0.1) is 0 Å². The van der Waals surface area contributed by atoms with Crippen LogP contribution in [0.3, 0.4) is 0 Å². The van der Waals surface area contributed by atoms with E-state index in [1.165, 1.54) is 19.3 Å². The van der Waals surface area contributed by atoms with E-state index >= 15 is 0 Å². The molecule has 1 aromatic carbocycles. The van der Waals surface area contributed by atoms with Gasteiger partial charge < -0.3 is 14.0 Å². The van der Waals surface area contributed by atoms with E-state index in [0.29, 0.717) is 0 Å². The van der Waals surface area contributed by atoms with Gasteiger partial charge in [0.15, 0.2) is 6.10 Å². The molecule has 3 rings (SSSR count). The Balaban J connectivity index is 2.10. The molecule has 1 aliphatic rings. The number of esters is 2. The lowest BCUT2D eigenvalue weighted by atomic mass is 9.92. The number of para-hydroxylation sites is 1. The first-order chi connectivity index (χ1) is 11.5. The molecule has 128 valence electrons. The van der Waals surface area contributed by atoms with Gasteiger partial charge in [-0.05, 0) is 17.5 Å². The van der Waals surface area contributed by atoms with Gasteiger partial charge in [0.25, 0.3) is 0 Å². The van der Waals surface area contributed by atoms with E-state index in [-0.39, 0.29) is 0 Å². The van der Waals surface area contributed by atoms with Crippen LogP contribution < -0.4 is 0 Å². The number of aryl methyl sites for hydroxylation is 1. The Bertz CT molecular complexity index is 784. The molecule has 0 unspecified atom stereocenters. The van der Waals surface area contributed by atoms with E-state index in [1.807, 2.05) is 41.9 Å². The third-order valence-electron chi connectivity index (χ3n) is 4.54. The summed E-state index contributed by atoms with van der Waals surface area (Å²) in [6, 6.07) is 9.44. The Morgan fingerprint density at radius 2 is 1.75 bits per heavy atom. The van der Waals surface area contributed by atoms with Gasteiger partial charge in [-0.25, -0.2) is 4.79 Å². The maximum atomic E-state index is 12.4. The van der Waals surface area contributed by atoms with Crippen molar-refractivity contribution in [3.05, 3.63) is 36.0 Å². The minimum Gasteiger partial charge on any atom is -0.469 e. The van der Waals surface area contributed by atoms with Crippen molar-refractivity contribution < 1.29 is 23.9 Å². The second kappa shape index (κ2) is 6.26. The lowest BCUT2D eigenvalue weighted by molar-refractivity contribution is -0.182. The highest BCUT2D eigenvalue weighted by Crippen LogP contribution is 2.41. The summed E-state index contributed by atoms with van der Waals surface area (Å²) in [7, 11) is 6.18. The van der Waals surface area contributed by atoms with Gasteiger partial charge in [-0.1, -0.05) is 18.2 Å². The molecule has 0 amide bonds. The monoisotopic (exact) mass is 332 g/mol. The number of nitrogens with zero attached hydrogens (tertiary/aromatic N) is 2. The minimum absolute atomic E-state index is 0.459. The summed E-state index contributed by atoms with van der Waals surface area (Å²) in [5.74, 6) is -1.92. The van der Waals surface area contributed by atoms with Crippen molar-refractivity contribution in [3.63, 3.8) is 0 Å². The molecule has 2 aromatic rings. The van der Waals surface area contributed by atoms with Crippen molar-refractivity contribution in [2.24, 2.45) is 13.0 Å². The number of hydrogen-bond donors (Lipinski definition) is 0. The van der Waals surface area contributed by atoms with Crippen LogP contribution in [0.4, 0.5) is 0 Å². The summed E-state index contributed by atoms with van der Waals surface area (Å²) in [5, 5.41) is 2.57. The highest BCUT2D eigenvalue weighted by molar-refractivity contribution is 5.86. The van der Waals surface area contributed by atoms with Crippen LogP contribution in [-0.2, 0) is 30.9 Å². The van der Waals surface area contributed by atoms with Crippen LogP contribution >= 0.6 is 0 Å². The second-order valence-electron chi connectivity index (χ2n) is 5.78. The molecule has 0 spiro atoms. The molecule has 7 nitrogen and oxygen atoms in total. The van der Waals surface area contributed by atoms with Gasteiger partial charge >= 0.3 is 11.9 Å². The first kappa shape index (κ1) is 16.5. The number of carbonyl (C=O) groups is 2. The summed E-state index contributed by atoms with van der Waals surface area (Å²) in [6.45, 7) is 0. The van der Waals surface area contributed by atoms with Crippen LogP contribution in [0.2, 0.25) is 0 Å². The zero-order valence-electron chi connectivity index (χ0n) is 14.1. The Labute approximate surface area is 139 Å². The fraction of sp³-hybridized carbons (Fsp3) is 0.412. The molecule has 1 fully saturated rings. The smallest absolute Gasteiger partial charge is 0.338 e. The topological polar surface area (TPSA) is 70.0 Å². The van der Waals surface area contributed by atoms with Crippen LogP contribution in [0.15, 0.2) is 30.3 Å². The van der Waals surface area contributed by atoms with Crippen LogP contribution in [0.5, 0.6) is 0 Å². The lowest BCUT2D eigenvalue weighted by Crippen LogP contribution is -2.36. The fourth-order valence-corrected chi connectivity index (χ4v) is 3.36. The van der Waals surface area contributed by atoms with Gasteiger partial charge in [-0.3, -0.25) is 9.63 Å². The number of methoxy groups -OCH3 is 2. The first-order valence-electron chi connectivity index (χ1n) is 7.59. The third-order valence-corrected chi connectivity index (χ3v) is 4.54.